The molecule has 0 amide bonds. The van der Waals surface area contributed by atoms with Gasteiger partial charge in [0.25, 0.3) is 0 Å². The fourth-order valence-corrected chi connectivity index (χ4v) is 2.33. The summed E-state index contributed by atoms with van der Waals surface area (Å²) in [5.41, 5.74) is -1.56. The number of hydrogen-bond acceptors (Lipinski definition) is 4. The van der Waals surface area contributed by atoms with E-state index in [1.807, 2.05) is 6.92 Å². The predicted molar refractivity (Wildman–Crippen MR) is 73.4 cm³/mol. The Morgan fingerprint density at radius 2 is 2.19 bits per heavy atom. The van der Waals surface area contributed by atoms with Crippen molar-refractivity contribution in [3.05, 3.63) is 48.1 Å². The van der Waals surface area contributed by atoms with Crippen molar-refractivity contribution in [2.45, 2.75) is 32.0 Å². The molecule has 114 valence electrons. The van der Waals surface area contributed by atoms with Crippen molar-refractivity contribution in [2.24, 2.45) is 0 Å². The zero-order chi connectivity index (χ0) is 15.5. The molecule has 5 nitrogen and oxygen atoms in total. The molecule has 0 saturated carbocycles. The summed E-state index contributed by atoms with van der Waals surface area (Å²) < 4.78 is 28.6. The number of nitrogens with zero attached hydrogens (tertiary/aromatic N) is 3. The number of halogens is 2. The SMILES string of the molecule is CCN[C@H](C)[C@](O)(Cn1cncn1)c1ccc(F)cc1F. The molecule has 0 aliphatic carbocycles. The van der Waals surface area contributed by atoms with Crippen LogP contribution in [0.15, 0.2) is 30.9 Å². The third-order valence-corrected chi connectivity index (χ3v) is 3.49. The van der Waals surface area contributed by atoms with Crippen LogP contribution in [0.25, 0.3) is 0 Å². The third kappa shape index (κ3) is 3.25. The maximum absolute atomic E-state index is 14.1. The quantitative estimate of drug-likeness (QED) is 0.847. The van der Waals surface area contributed by atoms with Crippen LogP contribution in [-0.4, -0.2) is 32.5 Å². The fourth-order valence-electron chi connectivity index (χ4n) is 2.33. The van der Waals surface area contributed by atoms with Crippen molar-refractivity contribution in [1.29, 1.82) is 0 Å². The van der Waals surface area contributed by atoms with Gasteiger partial charge in [0.2, 0.25) is 0 Å². The van der Waals surface area contributed by atoms with E-state index in [9.17, 15) is 13.9 Å². The number of hydrogen-bond donors (Lipinski definition) is 2. The number of likely N-dealkylation sites (N-methyl/N-ethyl adjacent to an activating group) is 1. The Kier molecular flexibility index (Phi) is 4.64. The first kappa shape index (κ1) is 15.5. The molecule has 0 radical (unpaired) electrons. The van der Waals surface area contributed by atoms with E-state index in [0.29, 0.717) is 6.54 Å². The Bertz CT molecular complexity index is 591. The Morgan fingerprint density at radius 1 is 1.43 bits per heavy atom. The summed E-state index contributed by atoms with van der Waals surface area (Å²) in [7, 11) is 0. The second kappa shape index (κ2) is 6.28. The van der Waals surface area contributed by atoms with Crippen molar-refractivity contribution < 1.29 is 13.9 Å². The van der Waals surface area contributed by atoms with Crippen LogP contribution in [0.1, 0.15) is 19.4 Å². The van der Waals surface area contributed by atoms with Gasteiger partial charge in [-0.05, 0) is 19.5 Å². The molecule has 0 aliphatic rings. The molecule has 2 rings (SSSR count). The number of rotatable bonds is 6. The van der Waals surface area contributed by atoms with Crippen molar-refractivity contribution in [2.75, 3.05) is 6.54 Å². The minimum atomic E-state index is -1.58. The molecule has 2 N–H and O–H groups in total. The zero-order valence-corrected chi connectivity index (χ0v) is 11.9. The topological polar surface area (TPSA) is 63.0 Å². The molecule has 7 heteroatoms. The molecule has 0 spiro atoms. The summed E-state index contributed by atoms with van der Waals surface area (Å²) in [5, 5.41) is 18.0. The summed E-state index contributed by atoms with van der Waals surface area (Å²) in [6.07, 6.45) is 2.77. The van der Waals surface area contributed by atoms with Gasteiger partial charge in [-0.15, -0.1) is 0 Å². The summed E-state index contributed by atoms with van der Waals surface area (Å²) in [4.78, 5) is 3.81. The Hall–Kier alpha value is -1.86. The van der Waals surface area contributed by atoms with Gasteiger partial charge in [-0.1, -0.05) is 13.0 Å². The number of aliphatic hydroxyl groups is 1. The normalized spacial score (nSPS) is 15.7. The molecule has 0 saturated heterocycles. The molecule has 21 heavy (non-hydrogen) atoms. The highest BCUT2D eigenvalue weighted by molar-refractivity contribution is 5.27. The first-order valence-corrected chi connectivity index (χ1v) is 6.71. The highest BCUT2D eigenvalue weighted by atomic mass is 19.1. The van der Waals surface area contributed by atoms with E-state index in [1.54, 1.807) is 6.92 Å². The molecule has 0 aliphatic heterocycles. The Balaban J connectivity index is 2.43. The van der Waals surface area contributed by atoms with Gasteiger partial charge in [0.1, 0.15) is 29.9 Å². The molecule has 1 heterocycles. The lowest BCUT2D eigenvalue weighted by molar-refractivity contribution is -0.0195. The van der Waals surface area contributed by atoms with E-state index in [-0.39, 0.29) is 12.1 Å². The third-order valence-electron chi connectivity index (χ3n) is 3.49. The average Bonchev–Trinajstić information content (AvgIpc) is 2.91. The monoisotopic (exact) mass is 296 g/mol. The van der Waals surface area contributed by atoms with Crippen LogP contribution in [0.2, 0.25) is 0 Å². The van der Waals surface area contributed by atoms with Crippen LogP contribution in [0.5, 0.6) is 0 Å². The molecule has 2 atom stereocenters. The highest BCUT2D eigenvalue weighted by Gasteiger charge is 2.38. The Labute approximate surface area is 121 Å². The summed E-state index contributed by atoms with van der Waals surface area (Å²) in [5.74, 6) is -1.47. The molecule has 0 fully saturated rings. The molecule has 1 aromatic carbocycles. The van der Waals surface area contributed by atoms with Gasteiger partial charge in [-0.3, -0.25) is 0 Å². The first-order valence-electron chi connectivity index (χ1n) is 6.71. The second-order valence-electron chi connectivity index (χ2n) is 4.92. The minimum absolute atomic E-state index is 0.00369. The maximum atomic E-state index is 14.1. The second-order valence-corrected chi connectivity index (χ2v) is 4.92. The van der Waals surface area contributed by atoms with Crippen LogP contribution in [0.4, 0.5) is 8.78 Å². The van der Waals surface area contributed by atoms with Gasteiger partial charge in [0.05, 0.1) is 6.54 Å². The summed E-state index contributed by atoms with van der Waals surface area (Å²) in [6, 6.07) is 2.69. The lowest BCUT2D eigenvalue weighted by Gasteiger charge is -2.35. The molecular weight excluding hydrogens is 278 g/mol. The van der Waals surface area contributed by atoms with Gasteiger partial charge in [-0.25, -0.2) is 18.4 Å². The number of aromatic nitrogens is 3. The standard InChI is InChI=1S/C14H18F2N4O/c1-3-18-10(2)14(21,7-20-9-17-8-19-20)12-5-4-11(15)6-13(12)16/h4-6,8-10,18,21H,3,7H2,1-2H3/t10-,14-/m1/s1. The van der Waals surface area contributed by atoms with Gasteiger partial charge in [0, 0.05) is 17.7 Å². The Morgan fingerprint density at radius 3 is 2.76 bits per heavy atom. The predicted octanol–water partition coefficient (Wildman–Crippen LogP) is 1.44. The van der Waals surface area contributed by atoms with Crippen LogP contribution < -0.4 is 5.32 Å². The highest BCUT2D eigenvalue weighted by Crippen LogP contribution is 2.29. The number of nitrogens with one attached hydrogen (secondary N) is 1. The smallest absolute Gasteiger partial charge is 0.137 e. The summed E-state index contributed by atoms with van der Waals surface area (Å²) in [6.45, 7) is 4.23. The minimum Gasteiger partial charge on any atom is -0.381 e. The van der Waals surface area contributed by atoms with Crippen LogP contribution in [0, 0.1) is 11.6 Å². The lowest BCUT2D eigenvalue weighted by atomic mass is 9.86. The van der Waals surface area contributed by atoms with Crippen LogP contribution >= 0.6 is 0 Å². The van der Waals surface area contributed by atoms with E-state index < -0.39 is 23.3 Å². The van der Waals surface area contributed by atoms with Crippen molar-refractivity contribution >= 4 is 0 Å². The molecular formula is C14H18F2N4O. The molecule has 0 unspecified atom stereocenters. The fraction of sp³-hybridized carbons (Fsp3) is 0.429. The van der Waals surface area contributed by atoms with E-state index in [4.69, 9.17) is 0 Å². The van der Waals surface area contributed by atoms with Gasteiger partial charge >= 0.3 is 0 Å². The van der Waals surface area contributed by atoms with E-state index in [0.717, 1.165) is 12.1 Å². The molecule has 0 bridgehead atoms. The van der Waals surface area contributed by atoms with Crippen molar-refractivity contribution in [3.8, 4) is 0 Å². The molecule has 1 aromatic heterocycles. The number of benzene rings is 1. The van der Waals surface area contributed by atoms with E-state index in [1.165, 1.54) is 23.4 Å². The van der Waals surface area contributed by atoms with Gasteiger partial charge in [-0.2, -0.15) is 5.10 Å². The van der Waals surface area contributed by atoms with Crippen molar-refractivity contribution in [1.82, 2.24) is 20.1 Å². The average molecular weight is 296 g/mol. The van der Waals surface area contributed by atoms with Crippen LogP contribution in [0.3, 0.4) is 0 Å². The van der Waals surface area contributed by atoms with Crippen LogP contribution in [-0.2, 0) is 12.1 Å². The largest absolute Gasteiger partial charge is 0.381 e. The van der Waals surface area contributed by atoms with Gasteiger partial charge < -0.3 is 10.4 Å². The summed E-state index contributed by atoms with van der Waals surface area (Å²) >= 11 is 0. The van der Waals surface area contributed by atoms with E-state index >= 15 is 0 Å². The van der Waals surface area contributed by atoms with Crippen molar-refractivity contribution in [3.63, 3.8) is 0 Å². The first-order chi connectivity index (χ1) is 9.97. The molecule has 2 aromatic rings. The zero-order valence-electron chi connectivity index (χ0n) is 11.9. The maximum Gasteiger partial charge on any atom is 0.137 e. The van der Waals surface area contributed by atoms with E-state index in [2.05, 4.69) is 15.4 Å². The van der Waals surface area contributed by atoms with Gasteiger partial charge in [0.15, 0.2) is 0 Å². The lowest BCUT2D eigenvalue weighted by Crippen LogP contribution is -2.50.